The molecule has 0 aromatic carbocycles. The van der Waals surface area contributed by atoms with Crippen molar-refractivity contribution in [2.75, 3.05) is 27.7 Å². The van der Waals surface area contributed by atoms with Gasteiger partial charge in [0.2, 0.25) is 5.88 Å². The van der Waals surface area contributed by atoms with Gasteiger partial charge in [-0.15, -0.1) is 0 Å². The summed E-state index contributed by atoms with van der Waals surface area (Å²) in [4.78, 5) is 2.24. The minimum atomic E-state index is 0.374. The van der Waals surface area contributed by atoms with Crippen LogP contribution in [0.2, 0.25) is 0 Å². The highest BCUT2D eigenvalue weighted by molar-refractivity contribution is 7.07. The summed E-state index contributed by atoms with van der Waals surface area (Å²) in [5.41, 5.74) is 3.49. The lowest BCUT2D eigenvalue weighted by Gasteiger charge is -2.24. The van der Waals surface area contributed by atoms with E-state index in [-0.39, 0.29) is 0 Å². The second-order valence-electron chi connectivity index (χ2n) is 5.36. The minimum Gasteiger partial charge on any atom is -0.481 e. The molecule has 2 aromatic rings. The number of aromatic nitrogens is 2. The van der Waals surface area contributed by atoms with Crippen LogP contribution in [-0.4, -0.2) is 42.4 Å². The van der Waals surface area contributed by atoms with Crippen molar-refractivity contribution in [3.8, 4) is 5.88 Å². The molecule has 0 amide bonds. The smallest absolute Gasteiger partial charge is 0.216 e. The molecule has 1 N–H and O–H groups in total. The molecule has 0 aliphatic heterocycles. The fourth-order valence-corrected chi connectivity index (χ4v) is 3.24. The molecule has 0 aliphatic carbocycles. The van der Waals surface area contributed by atoms with Gasteiger partial charge in [0, 0.05) is 26.2 Å². The zero-order valence-electron chi connectivity index (χ0n) is 13.4. The van der Waals surface area contributed by atoms with Gasteiger partial charge in [-0.3, -0.25) is 0 Å². The van der Waals surface area contributed by atoms with Crippen molar-refractivity contribution >= 4 is 11.3 Å². The number of likely N-dealkylation sites (N-methyl/N-ethyl adjacent to an activating group) is 1. The molecule has 2 aromatic heterocycles. The number of hydrogen-bond acceptors (Lipinski definition) is 5. The third kappa shape index (κ3) is 3.64. The van der Waals surface area contributed by atoms with E-state index in [0.29, 0.717) is 6.04 Å². The maximum Gasteiger partial charge on any atom is 0.216 e. The van der Waals surface area contributed by atoms with Crippen molar-refractivity contribution in [3.05, 3.63) is 33.6 Å². The van der Waals surface area contributed by atoms with Gasteiger partial charge in [-0.05, 0) is 43.4 Å². The van der Waals surface area contributed by atoms with Crippen LogP contribution < -0.4 is 10.1 Å². The summed E-state index contributed by atoms with van der Waals surface area (Å²) in [7, 11) is 7.82. The fraction of sp³-hybridized carbons (Fsp3) is 0.533. The third-order valence-corrected chi connectivity index (χ3v) is 4.37. The van der Waals surface area contributed by atoms with E-state index < -0.39 is 0 Å². The van der Waals surface area contributed by atoms with Crippen LogP contribution in [0.25, 0.3) is 0 Å². The van der Waals surface area contributed by atoms with Crippen molar-refractivity contribution in [1.29, 1.82) is 0 Å². The summed E-state index contributed by atoms with van der Waals surface area (Å²) < 4.78 is 7.21. The van der Waals surface area contributed by atoms with Crippen LogP contribution in [0.5, 0.6) is 5.88 Å². The van der Waals surface area contributed by atoms with Gasteiger partial charge in [0.05, 0.1) is 18.4 Å². The Balaban J connectivity index is 2.00. The zero-order valence-corrected chi connectivity index (χ0v) is 14.2. The standard InChI is InChI=1S/C15H24N4OS/c1-11-13(15(20-5)19(4)17-11)8-16-9-14(18(2)3)12-6-7-21-10-12/h6-7,10,14,16H,8-9H2,1-5H3/t14-/m1/s1. The third-order valence-electron chi connectivity index (χ3n) is 3.67. The quantitative estimate of drug-likeness (QED) is 0.851. The van der Waals surface area contributed by atoms with E-state index in [1.807, 2.05) is 14.0 Å². The second kappa shape index (κ2) is 7.06. The van der Waals surface area contributed by atoms with E-state index in [0.717, 1.165) is 30.2 Å². The predicted octanol–water partition coefficient (Wildman–Crippen LogP) is 2.19. The van der Waals surface area contributed by atoms with Gasteiger partial charge in [0.15, 0.2) is 0 Å². The molecule has 2 rings (SSSR count). The lowest BCUT2D eigenvalue weighted by molar-refractivity contribution is 0.288. The highest BCUT2D eigenvalue weighted by Gasteiger charge is 2.17. The van der Waals surface area contributed by atoms with Crippen LogP contribution in [0.15, 0.2) is 16.8 Å². The Labute approximate surface area is 130 Å². The van der Waals surface area contributed by atoms with E-state index >= 15 is 0 Å². The highest BCUT2D eigenvalue weighted by Crippen LogP contribution is 2.22. The Hall–Kier alpha value is -1.37. The lowest BCUT2D eigenvalue weighted by atomic mass is 10.1. The van der Waals surface area contributed by atoms with Crippen molar-refractivity contribution in [2.45, 2.75) is 19.5 Å². The first-order valence-electron chi connectivity index (χ1n) is 7.00. The second-order valence-corrected chi connectivity index (χ2v) is 6.14. The molecule has 0 saturated carbocycles. The Morgan fingerprint density at radius 1 is 1.48 bits per heavy atom. The van der Waals surface area contributed by atoms with Gasteiger partial charge in [0.25, 0.3) is 0 Å². The molecule has 21 heavy (non-hydrogen) atoms. The number of ether oxygens (including phenoxy) is 1. The van der Waals surface area contributed by atoms with E-state index in [9.17, 15) is 0 Å². The monoisotopic (exact) mass is 308 g/mol. The molecule has 0 bridgehead atoms. The van der Waals surface area contributed by atoms with Crippen molar-refractivity contribution in [2.24, 2.45) is 7.05 Å². The van der Waals surface area contributed by atoms with E-state index in [1.165, 1.54) is 5.56 Å². The molecule has 6 heteroatoms. The molecule has 2 heterocycles. The molecular formula is C15H24N4OS. The molecule has 5 nitrogen and oxygen atoms in total. The summed E-state index contributed by atoms with van der Waals surface area (Å²) in [6.45, 7) is 3.67. The van der Waals surface area contributed by atoms with Gasteiger partial charge in [-0.25, -0.2) is 4.68 Å². The van der Waals surface area contributed by atoms with Crippen LogP contribution in [-0.2, 0) is 13.6 Å². The Morgan fingerprint density at radius 3 is 2.81 bits per heavy atom. The average Bonchev–Trinajstić information content (AvgIpc) is 3.03. The van der Waals surface area contributed by atoms with Crippen molar-refractivity contribution in [3.63, 3.8) is 0 Å². The summed E-state index contributed by atoms with van der Waals surface area (Å²) >= 11 is 1.74. The summed E-state index contributed by atoms with van der Waals surface area (Å²) in [6, 6.07) is 2.56. The van der Waals surface area contributed by atoms with E-state index in [1.54, 1.807) is 23.1 Å². The molecule has 0 unspecified atom stereocenters. The highest BCUT2D eigenvalue weighted by atomic mass is 32.1. The summed E-state index contributed by atoms with van der Waals surface area (Å²) in [5.74, 6) is 0.830. The zero-order chi connectivity index (χ0) is 15.4. The minimum absolute atomic E-state index is 0.374. The van der Waals surface area contributed by atoms with Crippen molar-refractivity contribution < 1.29 is 4.74 Å². The first-order valence-corrected chi connectivity index (χ1v) is 7.94. The molecular weight excluding hydrogens is 284 g/mol. The van der Waals surface area contributed by atoms with Gasteiger partial charge in [-0.2, -0.15) is 16.4 Å². The Kier molecular flexibility index (Phi) is 5.39. The van der Waals surface area contributed by atoms with E-state index in [2.05, 4.69) is 46.2 Å². The SMILES string of the molecule is COc1c(CNC[C@H](c2ccsc2)N(C)C)c(C)nn1C. The number of nitrogens with one attached hydrogen (secondary N) is 1. The number of methoxy groups -OCH3 is 1. The molecule has 1 atom stereocenters. The number of thiophene rings is 1. The normalized spacial score (nSPS) is 12.9. The summed E-state index contributed by atoms with van der Waals surface area (Å²) in [6.07, 6.45) is 0. The molecule has 0 aliphatic rings. The maximum atomic E-state index is 5.43. The van der Waals surface area contributed by atoms with Gasteiger partial charge in [-0.1, -0.05) is 0 Å². The fourth-order valence-electron chi connectivity index (χ4n) is 2.54. The number of nitrogens with zero attached hydrogens (tertiary/aromatic N) is 3. The topological polar surface area (TPSA) is 42.3 Å². The molecule has 0 radical (unpaired) electrons. The number of hydrogen-bond donors (Lipinski definition) is 1. The molecule has 116 valence electrons. The van der Waals surface area contributed by atoms with Crippen molar-refractivity contribution in [1.82, 2.24) is 20.0 Å². The largest absolute Gasteiger partial charge is 0.481 e. The maximum absolute atomic E-state index is 5.43. The Morgan fingerprint density at radius 2 is 2.24 bits per heavy atom. The van der Waals surface area contributed by atoms with E-state index in [4.69, 9.17) is 4.74 Å². The molecule has 0 spiro atoms. The number of rotatable bonds is 7. The van der Waals surface area contributed by atoms with Gasteiger partial charge < -0.3 is 15.0 Å². The predicted molar refractivity (Wildman–Crippen MR) is 87.0 cm³/mol. The Bertz CT molecular complexity index is 562. The summed E-state index contributed by atoms with van der Waals surface area (Å²) in [5, 5.41) is 12.3. The van der Waals surface area contributed by atoms with Crippen LogP contribution in [0.1, 0.15) is 22.9 Å². The molecule has 0 fully saturated rings. The molecule has 0 saturated heterocycles. The van der Waals surface area contributed by atoms with Gasteiger partial charge >= 0.3 is 0 Å². The van der Waals surface area contributed by atoms with Crippen LogP contribution >= 0.6 is 11.3 Å². The van der Waals surface area contributed by atoms with Crippen LogP contribution in [0, 0.1) is 6.92 Å². The lowest BCUT2D eigenvalue weighted by Crippen LogP contribution is -2.30. The van der Waals surface area contributed by atoms with Crippen LogP contribution in [0.4, 0.5) is 0 Å². The average molecular weight is 308 g/mol. The first-order chi connectivity index (χ1) is 10.0. The number of aryl methyl sites for hydroxylation is 2. The first kappa shape index (κ1) is 16.0. The van der Waals surface area contributed by atoms with Crippen LogP contribution in [0.3, 0.4) is 0 Å². The van der Waals surface area contributed by atoms with Gasteiger partial charge in [0.1, 0.15) is 0 Å².